The lowest BCUT2D eigenvalue weighted by molar-refractivity contribution is -0.137. The highest BCUT2D eigenvalue weighted by Crippen LogP contribution is 2.36. The number of phenolic OH excluding ortho intramolecular Hbond substituents is 1. The van der Waals surface area contributed by atoms with Gasteiger partial charge >= 0.3 is 6.18 Å². The molecule has 0 saturated carbocycles. The van der Waals surface area contributed by atoms with E-state index >= 15 is 0 Å². The van der Waals surface area contributed by atoms with Crippen molar-refractivity contribution in [3.8, 4) is 16.9 Å². The molecule has 3 aromatic carbocycles. The number of alkyl halides is 3. The number of halogens is 3. The molecule has 0 unspecified atom stereocenters. The van der Waals surface area contributed by atoms with Gasteiger partial charge in [-0.1, -0.05) is 12.1 Å². The van der Waals surface area contributed by atoms with E-state index in [0.717, 1.165) is 12.3 Å². The summed E-state index contributed by atoms with van der Waals surface area (Å²) in [5.41, 5.74) is 5.61. The van der Waals surface area contributed by atoms with Crippen LogP contribution in [-0.4, -0.2) is 38.1 Å². The fourth-order valence-corrected chi connectivity index (χ4v) is 4.55. The lowest BCUT2D eigenvalue weighted by Gasteiger charge is -2.29. The normalized spacial score (nSPS) is 13.9. The van der Waals surface area contributed by atoms with Crippen molar-refractivity contribution in [1.82, 2.24) is 0 Å². The predicted octanol–water partition coefficient (Wildman–Crippen LogP) is 3.75. The number of carbonyl (C=O) groups excluding carboxylic acids is 2. The Bertz CT molecular complexity index is 1500. The molecule has 2 amide bonds. The third-order valence-electron chi connectivity index (χ3n) is 5.65. The molecule has 4 rings (SSSR count). The summed E-state index contributed by atoms with van der Waals surface area (Å²) < 4.78 is 65.3. The van der Waals surface area contributed by atoms with Crippen molar-refractivity contribution in [3.63, 3.8) is 0 Å². The molecule has 3 aromatic rings. The van der Waals surface area contributed by atoms with Gasteiger partial charge < -0.3 is 15.7 Å². The van der Waals surface area contributed by atoms with Gasteiger partial charge in [-0.2, -0.15) is 13.2 Å². The first-order chi connectivity index (χ1) is 16.7. The minimum Gasteiger partial charge on any atom is -0.506 e. The van der Waals surface area contributed by atoms with Crippen LogP contribution in [0.25, 0.3) is 11.1 Å². The molecule has 0 bridgehead atoms. The summed E-state index contributed by atoms with van der Waals surface area (Å²) in [5, 5.41) is 9.95. The van der Waals surface area contributed by atoms with Gasteiger partial charge in [0.25, 0.3) is 5.91 Å². The van der Waals surface area contributed by atoms with E-state index in [9.17, 15) is 36.3 Å². The highest BCUT2D eigenvalue weighted by Gasteiger charge is 2.32. The zero-order chi connectivity index (χ0) is 26.4. The fourth-order valence-electron chi connectivity index (χ4n) is 3.99. The van der Waals surface area contributed by atoms with Crippen LogP contribution in [-0.2, 0) is 22.6 Å². The maximum absolute atomic E-state index is 13.3. The van der Waals surface area contributed by atoms with Gasteiger partial charge in [0.15, 0.2) is 0 Å². The smallest absolute Gasteiger partial charge is 0.416 e. The SMILES string of the molecule is CS(=O)(=O)Nc1cc(N2CCc3cc(-c4cc(C(N)=O)cc(C(F)(F)F)c4)ccc3C2=O)ccc1O. The van der Waals surface area contributed by atoms with E-state index in [1.165, 1.54) is 41.3 Å². The minimum absolute atomic E-state index is 0.0845. The summed E-state index contributed by atoms with van der Waals surface area (Å²) in [6.07, 6.45) is -3.40. The number of hydrogen-bond acceptors (Lipinski definition) is 5. The van der Waals surface area contributed by atoms with Crippen LogP contribution in [0.4, 0.5) is 24.5 Å². The number of primary amides is 1. The molecule has 4 N–H and O–H groups in total. The van der Waals surface area contributed by atoms with E-state index in [1.807, 2.05) is 0 Å². The Balaban J connectivity index is 1.69. The van der Waals surface area contributed by atoms with E-state index in [4.69, 9.17) is 5.73 Å². The number of hydrogen-bond donors (Lipinski definition) is 3. The Morgan fingerprint density at radius 3 is 2.42 bits per heavy atom. The van der Waals surface area contributed by atoms with Gasteiger partial charge in [-0.3, -0.25) is 14.3 Å². The second kappa shape index (κ2) is 8.86. The van der Waals surface area contributed by atoms with Crippen LogP contribution in [0.2, 0.25) is 0 Å². The minimum atomic E-state index is -4.68. The summed E-state index contributed by atoms with van der Waals surface area (Å²) in [4.78, 5) is 26.2. The van der Waals surface area contributed by atoms with E-state index in [0.29, 0.717) is 34.9 Å². The molecular weight excluding hydrogens is 499 g/mol. The Labute approximate surface area is 204 Å². The molecular formula is C24H20F3N3O5S. The number of phenols is 1. The van der Waals surface area contributed by atoms with Crippen molar-refractivity contribution >= 4 is 33.2 Å². The van der Waals surface area contributed by atoms with Crippen LogP contribution in [0.15, 0.2) is 54.6 Å². The number of aromatic hydroxyl groups is 1. The lowest BCUT2D eigenvalue weighted by atomic mass is 9.92. The molecule has 1 heterocycles. The number of amides is 2. The van der Waals surface area contributed by atoms with Gasteiger partial charge in [-0.05, 0) is 65.6 Å². The summed E-state index contributed by atoms with van der Waals surface area (Å²) in [7, 11) is -3.67. The zero-order valence-electron chi connectivity index (χ0n) is 18.8. The van der Waals surface area contributed by atoms with Crippen molar-refractivity contribution in [2.45, 2.75) is 12.6 Å². The van der Waals surface area contributed by atoms with Gasteiger partial charge in [0.1, 0.15) is 5.75 Å². The van der Waals surface area contributed by atoms with Gasteiger partial charge in [-0.15, -0.1) is 0 Å². The van der Waals surface area contributed by atoms with Crippen LogP contribution in [0.1, 0.15) is 31.8 Å². The third kappa shape index (κ3) is 5.13. The first-order valence-corrected chi connectivity index (χ1v) is 12.4. The highest BCUT2D eigenvalue weighted by atomic mass is 32.2. The number of nitrogens with zero attached hydrogens (tertiary/aromatic N) is 1. The standard InChI is InChI=1S/C24H20F3N3O5S/c1-36(34,35)29-20-12-18(3-5-21(20)31)30-7-6-14-8-13(2-4-19(14)23(30)33)15-9-16(22(28)32)11-17(10-15)24(25,26)27/h2-5,8-12,29,31H,6-7H2,1H3,(H2,28,32). The molecule has 0 fully saturated rings. The summed E-state index contributed by atoms with van der Waals surface area (Å²) in [6.45, 7) is 0.202. The molecule has 36 heavy (non-hydrogen) atoms. The molecule has 0 aliphatic carbocycles. The Kier molecular flexibility index (Phi) is 6.17. The molecule has 0 radical (unpaired) electrons. The number of benzene rings is 3. The molecule has 1 aliphatic heterocycles. The maximum atomic E-state index is 13.3. The molecule has 0 atom stereocenters. The quantitative estimate of drug-likeness (QED) is 0.442. The Morgan fingerprint density at radius 1 is 1.06 bits per heavy atom. The molecule has 0 aromatic heterocycles. The van der Waals surface area contributed by atoms with Crippen LogP contribution in [0, 0.1) is 0 Å². The largest absolute Gasteiger partial charge is 0.506 e. The van der Waals surface area contributed by atoms with E-state index in [-0.39, 0.29) is 29.1 Å². The molecule has 12 heteroatoms. The number of carbonyl (C=O) groups is 2. The Hall–Kier alpha value is -4.06. The second-order valence-corrected chi connectivity index (χ2v) is 10.1. The topological polar surface area (TPSA) is 130 Å². The predicted molar refractivity (Wildman–Crippen MR) is 127 cm³/mol. The second-order valence-electron chi connectivity index (χ2n) is 8.32. The van der Waals surface area contributed by atoms with Gasteiger partial charge in [0.05, 0.1) is 17.5 Å². The lowest BCUT2D eigenvalue weighted by Crippen LogP contribution is -2.37. The number of anilines is 2. The molecule has 188 valence electrons. The first-order valence-electron chi connectivity index (χ1n) is 10.5. The molecule has 1 aliphatic rings. The van der Waals surface area contributed by atoms with Crippen LogP contribution in [0.5, 0.6) is 5.75 Å². The number of fused-ring (bicyclic) bond motifs is 1. The number of nitrogens with one attached hydrogen (secondary N) is 1. The fraction of sp³-hybridized carbons (Fsp3) is 0.167. The van der Waals surface area contributed by atoms with Crippen molar-refractivity contribution in [2.75, 3.05) is 22.4 Å². The Morgan fingerprint density at radius 2 is 1.78 bits per heavy atom. The highest BCUT2D eigenvalue weighted by molar-refractivity contribution is 7.92. The van der Waals surface area contributed by atoms with E-state index in [2.05, 4.69) is 4.72 Å². The van der Waals surface area contributed by atoms with Crippen LogP contribution in [0.3, 0.4) is 0 Å². The van der Waals surface area contributed by atoms with Crippen molar-refractivity contribution in [2.24, 2.45) is 5.73 Å². The van der Waals surface area contributed by atoms with E-state index < -0.39 is 33.6 Å². The average molecular weight is 520 g/mol. The first kappa shape index (κ1) is 25.0. The monoisotopic (exact) mass is 519 g/mol. The van der Waals surface area contributed by atoms with Gasteiger partial charge in [-0.25, -0.2) is 8.42 Å². The molecule has 0 spiro atoms. The van der Waals surface area contributed by atoms with Crippen molar-refractivity contribution in [1.29, 1.82) is 0 Å². The summed E-state index contributed by atoms with van der Waals surface area (Å²) in [5.74, 6) is -1.71. The number of sulfonamides is 1. The van der Waals surface area contributed by atoms with Crippen LogP contribution < -0.4 is 15.4 Å². The zero-order valence-corrected chi connectivity index (χ0v) is 19.6. The number of nitrogens with two attached hydrogens (primary N) is 1. The van der Waals surface area contributed by atoms with Gasteiger partial charge in [0, 0.05) is 23.4 Å². The summed E-state index contributed by atoms with van der Waals surface area (Å²) in [6, 6.07) is 11.5. The summed E-state index contributed by atoms with van der Waals surface area (Å²) >= 11 is 0. The maximum Gasteiger partial charge on any atom is 0.416 e. The van der Waals surface area contributed by atoms with Crippen molar-refractivity contribution in [3.05, 3.63) is 76.9 Å². The van der Waals surface area contributed by atoms with Crippen molar-refractivity contribution < 1.29 is 36.3 Å². The average Bonchev–Trinajstić information content (AvgIpc) is 2.79. The number of rotatable bonds is 5. The van der Waals surface area contributed by atoms with E-state index in [1.54, 1.807) is 6.07 Å². The third-order valence-corrected chi connectivity index (χ3v) is 6.24. The van der Waals surface area contributed by atoms with Crippen LogP contribution >= 0.6 is 0 Å². The van der Waals surface area contributed by atoms with Gasteiger partial charge in [0.2, 0.25) is 15.9 Å². The molecule has 8 nitrogen and oxygen atoms in total. The molecule has 0 saturated heterocycles.